The third kappa shape index (κ3) is 2.78. The second-order valence-corrected chi connectivity index (χ2v) is 5.02. The lowest BCUT2D eigenvalue weighted by atomic mass is 9.81. The Kier molecular flexibility index (Phi) is 5.78. The second kappa shape index (κ2) is 6.81. The van der Waals surface area contributed by atoms with Crippen molar-refractivity contribution in [3.8, 4) is 0 Å². The van der Waals surface area contributed by atoms with Gasteiger partial charge in [-0.1, -0.05) is 4.48 Å². The molecule has 1 heterocycles. The van der Waals surface area contributed by atoms with Crippen molar-refractivity contribution in [2.45, 2.75) is 42.9 Å². The third-order valence-corrected chi connectivity index (χ3v) is 3.68. The Labute approximate surface area is 124 Å². The van der Waals surface area contributed by atoms with E-state index in [1.54, 1.807) is 0 Å². The van der Waals surface area contributed by atoms with E-state index in [0.717, 1.165) is 6.92 Å². The molecule has 0 aromatic heterocycles. The van der Waals surface area contributed by atoms with Gasteiger partial charge in [0.25, 0.3) is 0 Å². The number of carbonyl (C=O) groups is 2. The molecule has 0 aliphatic carbocycles. The number of aliphatic carboxylic acids is 1. The summed E-state index contributed by atoms with van der Waals surface area (Å²) < 4.78 is 19.2. The standard InChI is InChI=1S/C11H19FN2O8/c1-4(17)14(12)11(3-16,10(20)21)9-6(13)8(19)7(18)5(2-15)22-9/h5-9,15-16,18-19H,2-3,13H2,1H3,(H,20,21)/t5-,6-,7-,8-,9?,11-/m1/s1. The maximum atomic E-state index is 14.1. The predicted octanol–water partition coefficient (Wildman–Crippen LogP) is -3.66. The first-order chi connectivity index (χ1) is 10.1. The van der Waals surface area contributed by atoms with Crippen molar-refractivity contribution in [1.82, 2.24) is 5.12 Å². The summed E-state index contributed by atoms with van der Waals surface area (Å²) >= 11 is 0. The lowest BCUT2D eigenvalue weighted by Gasteiger charge is -2.48. The van der Waals surface area contributed by atoms with Gasteiger partial charge in [0.15, 0.2) is 0 Å². The van der Waals surface area contributed by atoms with Gasteiger partial charge in [-0.15, -0.1) is 0 Å². The van der Waals surface area contributed by atoms with Crippen LogP contribution in [0.15, 0.2) is 0 Å². The van der Waals surface area contributed by atoms with Crippen LogP contribution in [-0.4, -0.2) is 91.7 Å². The number of hydrogen-bond acceptors (Lipinski definition) is 8. The number of hydrogen-bond donors (Lipinski definition) is 6. The minimum Gasteiger partial charge on any atom is -0.479 e. The Balaban J connectivity index is 3.34. The number of halogens is 1. The Morgan fingerprint density at radius 2 is 1.86 bits per heavy atom. The molecule has 0 bridgehead atoms. The molecule has 0 aromatic rings. The van der Waals surface area contributed by atoms with Crippen molar-refractivity contribution in [3.05, 3.63) is 0 Å². The van der Waals surface area contributed by atoms with Crippen LogP contribution >= 0.6 is 0 Å². The number of aliphatic hydroxyl groups excluding tert-OH is 4. The first kappa shape index (κ1) is 18.7. The molecule has 128 valence electrons. The fraction of sp³-hybridized carbons (Fsp3) is 0.818. The zero-order valence-electron chi connectivity index (χ0n) is 11.7. The Morgan fingerprint density at radius 1 is 1.32 bits per heavy atom. The molecule has 0 aromatic carbocycles. The highest BCUT2D eigenvalue weighted by Crippen LogP contribution is 2.32. The molecule has 11 heteroatoms. The first-order valence-electron chi connectivity index (χ1n) is 6.34. The van der Waals surface area contributed by atoms with E-state index in [2.05, 4.69) is 0 Å². The van der Waals surface area contributed by atoms with Gasteiger partial charge in [-0.05, 0) is 0 Å². The number of amides is 1. The topological polar surface area (TPSA) is 174 Å². The summed E-state index contributed by atoms with van der Waals surface area (Å²) in [4.78, 5) is 22.7. The highest BCUT2D eigenvalue weighted by Gasteiger charge is 2.60. The van der Waals surface area contributed by atoms with E-state index in [0.29, 0.717) is 0 Å². The van der Waals surface area contributed by atoms with Gasteiger partial charge in [-0.25, -0.2) is 4.79 Å². The van der Waals surface area contributed by atoms with Gasteiger partial charge in [0.2, 0.25) is 11.4 Å². The fourth-order valence-electron chi connectivity index (χ4n) is 2.39. The highest BCUT2D eigenvalue weighted by atomic mass is 19.2. The predicted molar refractivity (Wildman–Crippen MR) is 66.8 cm³/mol. The minimum atomic E-state index is -2.93. The lowest BCUT2D eigenvalue weighted by molar-refractivity contribution is -0.249. The van der Waals surface area contributed by atoms with Crippen LogP contribution in [0.3, 0.4) is 0 Å². The summed E-state index contributed by atoms with van der Waals surface area (Å²) in [5, 5.41) is 46.5. The normalized spacial score (nSPS) is 34.8. The fourth-order valence-corrected chi connectivity index (χ4v) is 2.39. The van der Waals surface area contributed by atoms with Gasteiger partial charge in [0.05, 0.1) is 19.3 Å². The van der Waals surface area contributed by atoms with Crippen LogP contribution in [0.25, 0.3) is 0 Å². The molecule has 0 spiro atoms. The number of carbonyl (C=O) groups excluding carboxylic acids is 1. The van der Waals surface area contributed by atoms with Crippen molar-refractivity contribution in [3.63, 3.8) is 0 Å². The van der Waals surface area contributed by atoms with Gasteiger partial charge >= 0.3 is 5.97 Å². The molecule has 6 atom stereocenters. The van der Waals surface area contributed by atoms with Gasteiger partial charge in [-0.2, -0.15) is 5.12 Å². The van der Waals surface area contributed by atoms with E-state index in [1.807, 2.05) is 0 Å². The van der Waals surface area contributed by atoms with E-state index in [9.17, 15) is 34.5 Å². The Bertz CT molecular complexity index is 436. The molecule has 0 saturated carbocycles. The molecule has 0 radical (unpaired) electrons. The average Bonchev–Trinajstić information content (AvgIpc) is 2.47. The molecule has 1 aliphatic heterocycles. The molecule has 1 fully saturated rings. The number of rotatable bonds is 5. The molecule has 1 saturated heterocycles. The van der Waals surface area contributed by atoms with E-state index >= 15 is 0 Å². The number of carboxylic acid groups (broad SMARTS) is 1. The van der Waals surface area contributed by atoms with Crippen molar-refractivity contribution >= 4 is 11.9 Å². The quantitative estimate of drug-likeness (QED) is 0.278. The number of nitrogens with two attached hydrogens (primary N) is 1. The molecular weight excluding hydrogens is 307 g/mol. The van der Waals surface area contributed by atoms with Gasteiger partial charge in [0.1, 0.15) is 24.4 Å². The second-order valence-electron chi connectivity index (χ2n) is 5.02. The lowest BCUT2D eigenvalue weighted by Crippen LogP contribution is -2.74. The van der Waals surface area contributed by atoms with E-state index in [4.69, 9.17) is 15.6 Å². The summed E-state index contributed by atoms with van der Waals surface area (Å²) in [5.41, 5.74) is 2.64. The van der Waals surface area contributed by atoms with Gasteiger partial charge < -0.3 is 36.0 Å². The maximum Gasteiger partial charge on any atom is 0.337 e. The molecule has 1 amide bonds. The Hall–Kier alpha value is -1.37. The summed E-state index contributed by atoms with van der Waals surface area (Å²) in [6.45, 7) is -1.51. The largest absolute Gasteiger partial charge is 0.479 e. The molecule has 1 rings (SSSR count). The van der Waals surface area contributed by atoms with Crippen molar-refractivity contribution in [2.24, 2.45) is 5.73 Å². The molecule has 1 aliphatic rings. The van der Waals surface area contributed by atoms with Gasteiger partial charge in [-0.3, -0.25) is 4.79 Å². The zero-order valence-corrected chi connectivity index (χ0v) is 11.7. The van der Waals surface area contributed by atoms with Crippen molar-refractivity contribution in [1.29, 1.82) is 0 Å². The first-order valence-corrected chi connectivity index (χ1v) is 6.34. The van der Waals surface area contributed by atoms with Crippen LogP contribution in [0.5, 0.6) is 0 Å². The SMILES string of the molecule is CC(=O)N(F)[C@@](CO)(C(=O)O)C1O[C@H](CO)[C@@H](O)[C@H](O)[C@H]1N. The molecule has 10 nitrogen and oxygen atoms in total. The van der Waals surface area contributed by atoms with Crippen LogP contribution in [0.1, 0.15) is 6.92 Å². The van der Waals surface area contributed by atoms with Crippen LogP contribution in [-0.2, 0) is 14.3 Å². The smallest absolute Gasteiger partial charge is 0.337 e. The molecule has 7 N–H and O–H groups in total. The van der Waals surface area contributed by atoms with Crippen LogP contribution in [0.4, 0.5) is 4.48 Å². The average molecular weight is 326 g/mol. The van der Waals surface area contributed by atoms with Crippen molar-refractivity contribution in [2.75, 3.05) is 13.2 Å². The number of carboxylic acids is 1. The number of aliphatic hydroxyl groups is 4. The van der Waals surface area contributed by atoms with E-state index in [-0.39, 0.29) is 0 Å². The molecule has 22 heavy (non-hydrogen) atoms. The van der Waals surface area contributed by atoms with Crippen molar-refractivity contribution < 1.29 is 44.3 Å². The molecular formula is C11H19FN2O8. The summed E-state index contributed by atoms with van der Waals surface area (Å²) in [6.07, 6.45) is -6.79. The van der Waals surface area contributed by atoms with Crippen LogP contribution < -0.4 is 5.73 Å². The van der Waals surface area contributed by atoms with E-state index in [1.165, 1.54) is 0 Å². The maximum absolute atomic E-state index is 14.1. The minimum absolute atomic E-state index is 0.719. The monoisotopic (exact) mass is 326 g/mol. The Morgan fingerprint density at radius 3 is 2.23 bits per heavy atom. The van der Waals surface area contributed by atoms with Crippen LogP contribution in [0.2, 0.25) is 0 Å². The number of nitrogens with zero attached hydrogens (tertiary/aromatic N) is 1. The molecule has 1 unspecified atom stereocenters. The highest BCUT2D eigenvalue weighted by molar-refractivity contribution is 5.86. The van der Waals surface area contributed by atoms with E-state index < -0.39 is 66.2 Å². The van der Waals surface area contributed by atoms with Gasteiger partial charge in [0, 0.05) is 6.92 Å². The number of ether oxygens (including phenoxy) is 1. The zero-order chi connectivity index (χ0) is 17.2. The summed E-state index contributed by atoms with van der Waals surface area (Å²) in [7, 11) is 0. The summed E-state index contributed by atoms with van der Waals surface area (Å²) in [5.74, 6) is -3.30. The third-order valence-electron chi connectivity index (χ3n) is 3.68. The van der Waals surface area contributed by atoms with Crippen LogP contribution in [0, 0.1) is 0 Å². The summed E-state index contributed by atoms with van der Waals surface area (Å²) in [6, 6.07) is -1.64.